The Morgan fingerprint density at radius 3 is 1.15 bits per heavy atom. The Balaban J connectivity index is 0.000000198. The SMILES string of the molecule is CCc1ccccc1-c1cnc(C)c(-c2nnc(-c3ccccc3)o2)n1.Cc1ncc(-c2ccccc2)nc1-c1nnc(-c2ccccc2)o1.Cc1ncc(-c2ccccc2O)nc1-c1nnc(-c2ccccc2)o1.Nc1ncc(-c2cccc3[nH]ccc23)nc1-c1nnc(-c2ccccc2)o1.[HH].[HH].[HH].[HH].[HH].[HH].[HH]. The van der Waals surface area contributed by atoms with Crippen molar-refractivity contribution in [3.05, 3.63) is 278 Å². The molecule has 0 aliphatic rings. The Kier molecular flexibility index (Phi) is 19.2. The molecule has 0 spiro atoms. The summed E-state index contributed by atoms with van der Waals surface area (Å²) in [6, 6.07) is 71.5. The Morgan fingerprint density at radius 2 is 0.686 bits per heavy atom. The third-order valence-corrected chi connectivity index (χ3v) is 16.1. The highest BCUT2D eigenvalue weighted by Gasteiger charge is 2.22. The fraction of sp³-hybridized carbons (Fsp3) is 0.0633. The average molecular weight is 1360 g/mol. The van der Waals surface area contributed by atoms with Crippen molar-refractivity contribution >= 4 is 16.7 Å². The first-order chi connectivity index (χ1) is 50.1. The predicted octanol–water partition coefficient (Wildman–Crippen LogP) is 18.4. The number of phenols is 1. The lowest BCUT2D eigenvalue weighted by molar-refractivity contribution is 0.477. The van der Waals surface area contributed by atoms with Crippen LogP contribution in [0.4, 0.5) is 5.82 Å². The zero-order valence-electron chi connectivity index (χ0n) is 55.3. The van der Waals surface area contributed by atoms with Crippen molar-refractivity contribution in [2.75, 3.05) is 5.73 Å². The molecule has 0 saturated carbocycles. The maximum Gasteiger partial charge on any atom is 0.270 e. The Morgan fingerprint density at radius 1 is 0.343 bits per heavy atom. The first-order valence-electron chi connectivity index (χ1n) is 32.3. The van der Waals surface area contributed by atoms with Crippen LogP contribution in [0.1, 0.15) is 39.6 Å². The summed E-state index contributed by atoms with van der Waals surface area (Å²) in [6.07, 6.45) is 9.63. The highest BCUT2D eigenvalue weighted by molar-refractivity contribution is 5.94. The van der Waals surface area contributed by atoms with Gasteiger partial charge in [-0.1, -0.05) is 159 Å². The van der Waals surface area contributed by atoms with Crippen LogP contribution in [0.15, 0.2) is 273 Å². The third kappa shape index (κ3) is 14.6. The lowest BCUT2D eigenvalue weighted by Gasteiger charge is -2.08. The van der Waals surface area contributed by atoms with Crippen molar-refractivity contribution in [1.82, 2.24) is 85.6 Å². The first kappa shape index (κ1) is 65.1. The molecule has 17 aromatic rings. The molecule has 0 fully saturated rings. The van der Waals surface area contributed by atoms with Crippen LogP contribution in [0.5, 0.6) is 5.75 Å². The first-order valence-corrected chi connectivity index (χ1v) is 32.3. The molecule has 9 aromatic heterocycles. The number of phenolic OH excluding ortho intramolecular Hbond substituents is 1. The van der Waals surface area contributed by atoms with Gasteiger partial charge in [0.2, 0.25) is 23.6 Å². The number of aryl methyl sites for hydroxylation is 4. The molecular formula is C79H74N18O5. The number of aromatic hydroxyl groups is 1. The molecule has 9 heterocycles. The number of nitrogens with one attached hydrogen (secondary N) is 1. The number of hydrogen-bond acceptors (Lipinski definition) is 22. The van der Waals surface area contributed by atoms with E-state index in [1.807, 2.05) is 221 Å². The molecule has 0 amide bonds. The molecule has 0 atom stereocenters. The van der Waals surface area contributed by atoms with Crippen molar-refractivity contribution in [3.8, 4) is 143 Å². The predicted molar refractivity (Wildman–Crippen MR) is 401 cm³/mol. The summed E-state index contributed by atoms with van der Waals surface area (Å²) in [6.45, 7) is 7.72. The van der Waals surface area contributed by atoms with Gasteiger partial charge in [0.25, 0.3) is 23.6 Å². The van der Waals surface area contributed by atoms with E-state index in [4.69, 9.17) is 28.4 Å². The van der Waals surface area contributed by atoms with Gasteiger partial charge in [-0.05, 0) is 106 Å². The number of anilines is 1. The summed E-state index contributed by atoms with van der Waals surface area (Å²) in [5.74, 6) is 3.43. The van der Waals surface area contributed by atoms with E-state index in [2.05, 4.69) is 99.7 Å². The molecule has 0 bridgehead atoms. The lowest BCUT2D eigenvalue weighted by atomic mass is 10.0. The molecule has 17 rings (SSSR count). The average Bonchev–Trinajstić information content (AvgIpc) is 1.74. The summed E-state index contributed by atoms with van der Waals surface area (Å²) in [5, 5.41) is 44.1. The van der Waals surface area contributed by atoms with Gasteiger partial charge in [-0.25, -0.2) is 24.9 Å². The van der Waals surface area contributed by atoms with Gasteiger partial charge >= 0.3 is 0 Å². The summed E-state index contributed by atoms with van der Waals surface area (Å²) in [4.78, 5) is 39.4. The van der Waals surface area contributed by atoms with E-state index < -0.39 is 0 Å². The molecule has 0 aliphatic heterocycles. The minimum absolute atomic E-state index is 0. The lowest BCUT2D eigenvalue weighted by Crippen LogP contribution is -1.99. The van der Waals surface area contributed by atoms with Crippen molar-refractivity contribution in [1.29, 1.82) is 0 Å². The number of para-hydroxylation sites is 1. The number of nitrogens with zero attached hydrogens (tertiary/aromatic N) is 16. The molecule has 0 unspecified atom stereocenters. The molecule has 0 saturated heterocycles. The standard InChI is InChI=1S/C21H18N4O.C20H14N6O.C19H14N4O2.C19H14N4O.7H2/c1-3-15-9-7-8-12-17(15)18-13-22-14(2)19(23-18)21-25-24-20(26-21)16-10-5-4-6-11-16;21-18-17(20-26-25-19(27-20)12-5-2-1-3-6-12)24-16(11-23-18)13-7-4-8-15-14(13)9-10-22-15;1-12-17(19-23-22-18(25-19)13-7-3-2-4-8-13)21-15(11-20-12)14-9-5-6-10-16(14)24;1-13-17(21-16(12-20-13)14-8-4-2-5-9-14)19-23-22-18(24-19)15-10-6-3-7-11-15;;;;;;;/h4-13H,3H2,1-2H3;1-11,22H,(H2,21,23);2-11,24H,1H3;2-12H,1H3;7*1H. The third-order valence-electron chi connectivity index (χ3n) is 16.1. The van der Waals surface area contributed by atoms with E-state index in [-0.39, 0.29) is 27.4 Å². The molecule has 4 N–H and O–H groups in total. The normalized spacial score (nSPS) is 10.9. The highest BCUT2D eigenvalue weighted by Crippen LogP contribution is 2.35. The Bertz CT molecular complexity index is 5710. The van der Waals surface area contributed by atoms with Gasteiger partial charge in [0.05, 0.1) is 64.6 Å². The molecule has 102 heavy (non-hydrogen) atoms. The van der Waals surface area contributed by atoms with E-state index in [0.29, 0.717) is 86.7 Å². The van der Waals surface area contributed by atoms with Crippen LogP contribution in [-0.2, 0) is 6.42 Å². The largest absolute Gasteiger partial charge is 0.507 e. The summed E-state index contributed by atoms with van der Waals surface area (Å²) in [7, 11) is 0. The minimum Gasteiger partial charge on any atom is -0.507 e. The molecule has 23 nitrogen and oxygen atoms in total. The molecule has 0 radical (unpaired) electrons. The second-order valence-electron chi connectivity index (χ2n) is 22.8. The second kappa shape index (κ2) is 30.0. The molecule has 8 aromatic carbocycles. The number of nitrogens with two attached hydrogens (primary N) is 1. The van der Waals surface area contributed by atoms with E-state index in [1.54, 1.807) is 43.0 Å². The number of hydrogen-bond donors (Lipinski definition) is 3. The number of nitrogen functional groups attached to an aromatic ring is 1. The number of H-pyrrole nitrogens is 1. The van der Waals surface area contributed by atoms with Crippen LogP contribution in [0.2, 0.25) is 0 Å². The second-order valence-corrected chi connectivity index (χ2v) is 22.8. The minimum atomic E-state index is 0. The van der Waals surface area contributed by atoms with Crippen LogP contribution in [0.3, 0.4) is 0 Å². The zero-order chi connectivity index (χ0) is 69.7. The van der Waals surface area contributed by atoms with E-state index in [1.165, 1.54) is 5.56 Å². The van der Waals surface area contributed by atoms with E-state index in [9.17, 15) is 5.11 Å². The Labute approximate surface area is 593 Å². The molecular weight excluding hydrogens is 1280 g/mol. The van der Waals surface area contributed by atoms with Gasteiger partial charge in [-0.15, -0.1) is 40.8 Å². The van der Waals surface area contributed by atoms with Gasteiger partial charge in [0, 0.05) is 71.6 Å². The molecule has 23 heteroatoms. The quantitative estimate of drug-likeness (QED) is 0.0965. The van der Waals surface area contributed by atoms with Gasteiger partial charge in [0.1, 0.15) is 22.8 Å². The maximum atomic E-state index is 10.0. The Hall–Kier alpha value is -14.2. The van der Waals surface area contributed by atoms with Crippen LogP contribution >= 0.6 is 0 Å². The van der Waals surface area contributed by atoms with E-state index >= 15 is 0 Å². The number of aromatic nitrogens is 17. The fourth-order valence-electron chi connectivity index (χ4n) is 10.8. The topological polar surface area (TPSA) is 321 Å². The smallest absolute Gasteiger partial charge is 0.270 e. The number of fused-ring (bicyclic) bond motifs is 1. The maximum absolute atomic E-state index is 10.0. The summed E-state index contributed by atoms with van der Waals surface area (Å²) < 4.78 is 23.2. The summed E-state index contributed by atoms with van der Waals surface area (Å²) >= 11 is 0. The van der Waals surface area contributed by atoms with Crippen molar-refractivity contribution in [2.24, 2.45) is 0 Å². The van der Waals surface area contributed by atoms with Gasteiger partial charge in [0.15, 0.2) is 11.5 Å². The highest BCUT2D eigenvalue weighted by atomic mass is 16.4. The molecule has 0 aliphatic carbocycles. The van der Waals surface area contributed by atoms with Crippen molar-refractivity contribution < 1.29 is 32.8 Å². The number of benzene rings is 8. The van der Waals surface area contributed by atoms with Gasteiger partial charge in [-0.2, -0.15) is 0 Å². The van der Waals surface area contributed by atoms with Crippen LogP contribution in [-0.4, -0.2) is 90.8 Å². The van der Waals surface area contributed by atoms with Crippen molar-refractivity contribution in [3.63, 3.8) is 0 Å². The molecule has 510 valence electrons. The van der Waals surface area contributed by atoms with E-state index in [0.717, 1.165) is 79.0 Å². The fourth-order valence-corrected chi connectivity index (χ4v) is 10.8. The van der Waals surface area contributed by atoms with Gasteiger partial charge < -0.3 is 33.5 Å². The van der Waals surface area contributed by atoms with Crippen molar-refractivity contribution in [2.45, 2.75) is 34.1 Å². The number of aromatic amines is 1. The van der Waals surface area contributed by atoms with Gasteiger partial charge in [-0.3, -0.25) is 15.0 Å². The van der Waals surface area contributed by atoms with Crippen LogP contribution < -0.4 is 5.73 Å². The van der Waals surface area contributed by atoms with Crippen LogP contribution in [0.25, 0.3) is 148 Å². The number of rotatable bonds is 13. The summed E-state index contributed by atoms with van der Waals surface area (Å²) in [5.41, 5.74) is 22.4. The zero-order valence-corrected chi connectivity index (χ0v) is 55.3. The van der Waals surface area contributed by atoms with Crippen LogP contribution in [0, 0.1) is 20.8 Å². The monoisotopic (exact) mass is 1350 g/mol.